The Morgan fingerprint density at radius 3 is 3.00 bits per heavy atom. The molecule has 4 heteroatoms. The highest BCUT2D eigenvalue weighted by molar-refractivity contribution is 9.10. The largest absolute Gasteiger partial charge is 0.381 e. The summed E-state index contributed by atoms with van der Waals surface area (Å²) in [6.45, 7) is 3.58. The van der Waals surface area contributed by atoms with Crippen LogP contribution in [0, 0.1) is 0 Å². The van der Waals surface area contributed by atoms with E-state index in [4.69, 9.17) is 4.74 Å². The smallest absolute Gasteiger partial charge is 0.0961 e. The van der Waals surface area contributed by atoms with Crippen molar-refractivity contribution >= 4 is 27.7 Å². The second-order valence-corrected chi connectivity index (χ2v) is 4.39. The summed E-state index contributed by atoms with van der Waals surface area (Å²) in [5, 5.41) is 1.04. The molecule has 0 amide bonds. The van der Waals surface area contributed by atoms with Crippen LogP contribution in [0.15, 0.2) is 27.8 Å². The second kappa shape index (κ2) is 6.40. The number of thioether (sulfide) groups is 1. The normalized spacial score (nSPS) is 10.3. The van der Waals surface area contributed by atoms with Crippen LogP contribution in [0.3, 0.4) is 0 Å². The molecule has 0 spiro atoms. The van der Waals surface area contributed by atoms with Crippen molar-refractivity contribution in [2.75, 3.05) is 19.0 Å². The number of pyridine rings is 1. The van der Waals surface area contributed by atoms with Gasteiger partial charge in [-0.3, -0.25) is 0 Å². The molecule has 0 aliphatic carbocycles. The Labute approximate surface area is 91.2 Å². The number of hydrogen-bond acceptors (Lipinski definition) is 3. The second-order valence-electron chi connectivity index (χ2n) is 2.36. The minimum Gasteiger partial charge on any atom is -0.381 e. The van der Waals surface area contributed by atoms with Gasteiger partial charge in [-0.15, -0.1) is 11.8 Å². The minimum absolute atomic E-state index is 0.786. The summed E-state index contributed by atoms with van der Waals surface area (Å²) in [6, 6.07) is 4.00. The van der Waals surface area contributed by atoms with Crippen molar-refractivity contribution in [1.29, 1.82) is 0 Å². The van der Waals surface area contributed by atoms with Crippen LogP contribution in [0.2, 0.25) is 0 Å². The van der Waals surface area contributed by atoms with E-state index in [1.54, 1.807) is 11.8 Å². The molecular formula is C9H12BrNOS. The third-order valence-corrected chi connectivity index (χ3v) is 2.76. The van der Waals surface area contributed by atoms with Crippen LogP contribution in [0.4, 0.5) is 0 Å². The molecule has 0 aliphatic heterocycles. The molecular weight excluding hydrogens is 250 g/mol. The van der Waals surface area contributed by atoms with Gasteiger partial charge in [-0.25, -0.2) is 4.98 Å². The lowest BCUT2D eigenvalue weighted by molar-refractivity contribution is 0.164. The summed E-state index contributed by atoms with van der Waals surface area (Å²) in [5.74, 6) is 0.961. The summed E-state index contributed by atoms with van der Waals surface area (Å²) in [6.07, 6.45) is 1.81. The molecule has 13 heavy (non-hydrogen) atoms. The van der Waals surface area contributed by atoms with Gasteiger partial charge in [0.15, 0.2) is 0 Å². The predicted molar refractivity (Wildman–Crippen MR) is 59.2 cm³/mol. The number of halogens is 1. The van der Waals surface area contributed by atoms with E-state index in [9.17, 15) is 0 Å². The molecule has 0 atom stereocenters. The average Bonchev–Trinajstić information content (AvgIpc) is 2.15. The lowest BCUT2D eigenvalue weighted by atomic mass is 10.5. The van der Waals surface area contributed by atoms with E-state index in [0.717, 1.165) is 28.5 Å². The van der Waals surface area contributed by atoms with Crippen LogP contribution in [0.1, 0.15) is 6.92 Å². The minimum atomic E-state index is 0.786. The molecule has 0 saturated carbocycles. The van der Waals surface area contributed by atoms with Gasteiger partial charge in [0.05, 0.1) is 11.6 Å². The van der Waals surface area contributed by atoms with Gasteiger partial charge in [-0.2, -0.15) is 0 Å². The fraction of sp³-hybridized carbons (Fsp3) is 0.444. The molecule has 0 aliphatic rings. The fourth-order valence-corrected chi connectivity index (χ4v) is 1.73. The van der Waals surface area contributed by atoms with Crippen LogP contribution < -0.4 is 0 Å². The van der Waals surface area contributed by atoms with Crippen molar-refractivity contribution in [3.05, 3.63) is 22.8 Å². The fourth-order valence-electron chi connectivity index (χ4n) is 0.797. The zero-order valence-corrected chi connectivity index (χ0v) is 9.90. The van der Waals surface area contributed by atoms with E-state index < -0.39 is 0 Å². The van der Waals surface area contributed by atoms with Gasteiger partial charge < -0.3 is 4.74 Å². The third-order valence-electron chi connectivity index (χ3n) is 1.38. The average molecular weight is 262 g/mol. The summed E-state index contributed by atoms with van der Waals surface area (Å²) < 4.78 is 6.24. The summed E-state index contributed by atoms with van der Waals surface area (Å²) >= 11 is 5.05. The van der Waals surface area contributed by atoms with Crippen LogP contribution in [-0.4, -0.2) is 24.0 Å². The molecule has 1 rings (SSSR count). The predicted octanol–water partition coefficient (Wildman–Crippen LogP) is 2.97. The Balaban J connectivity index is 2.25. The van der Waals surface area contributed by atoms with E-state index in [2.05, 4.69) is 20.9 Å². The molecule has 0 radical (unpaired) electrons. The zero-order chi connectivity index (χ0) is 9.52. The molecule has 0 aromatic carbocycles. The summed E-state index contributed by atoms with van der Waals surface area (Å²) in [7, 11) is 0. The zero-order valence-electron chi connectivity index (χ0n) is 7.50. The van der Waals surface area contributed by atoms with Gasteiger partial charge in [0.1, 0.15) is 0 Å². The maximum Gasteiger partial charge on any atom is 0.0961 e. The first-order valence-corrected chi connectivity index (χ1v) is 5.93. The van der Waals surface area contributed by atoms with Crippen LogP contribution in [-0.2, 0) is 4.74 Å². The maximum atomic E-state index is 5.22. The van der Waals surface area contributed by atoms with Crippen molar-refractivity contribution in [1.82, 2.24) is 4.98 Å². The highest BCUT2D eigenvalue weighted by atomic mass is 79.9. The first-order valence-electron chi connectivity index (χ1n) is 4.15. The molecule has 1 heterocycles. The lowest BCUT2D eigenvalue weighted by Crippen LogP contribution is -1.96. The molecule has 0 saturated heterocycles. The van der Waals surface area contributed by atoms with Crippen molar-refractivity contribution in [2.45, 2.75) is 11.9 Å². The Morgan fingerprint density at radius 2 is 2.38 bits per heavy atom. The molecule has 2 nitrogen and oxygen atoms in total. The van der Waals surface area contributed by atoms with Crippen molar-refractivity contribution in [3.63, 3.8) is 0 Å². The van der Waals surface area contributed by atoms with Crippen molar-refractivity contribution < 1.29 is 4.74 Å². The number of ether oxygens (including phenoxy) is 1. The molecule has 1 aromatic heterocycles. The molecule has 0 bridgehead atoms. The van der Waals surface area contributed by atoms with Gasteiger partial charge in [0.2, 0.25) is 0 Å². The van der Waals surface area contributed by atoms with Gasteiger partial charge in [0.25, 0.3) is 0 Å². The van der Waals surface area contributed by atoms with Gasteiger partial charge >= 0.3 is 0 Å². The third kappa shape index (κ3) is 4.64. The monoisotopic (exact) mass is 261 g/mol. The SMILES string of the molecule is CCOCCSc1ccc(Br)cn1. The molecule has 0 unspecified atom stereocenters. The van der Waals surface area contributed by atoms with Crippen LogP contribution in [0.25, 0.3) is 0 Å². The lowest BCUT2D eigenvalue weighted by Gasteiger charge is -2.00. The Bertz CT molecular complexity index is 240. The number of aromatic nitrogens is 1. The number of rotatable bonds is 5. The van der Waals surface area contributed by atoms with E-state index >= 15 is 0 Å². The number of hydrogen-bond donors (Lipinski definition) is 0. The molecule has 0 N–H and O–H groups in total. The quantitative estimate of drug-likeness (QED) is 0.601. The Kier molecular flexibility index (Phi) is 5.43. The van der Waals surface area contributed by atoms with Crippen molar-refractivity contribution in [2.24, 2.45) is 0 Å². The van der Waals surface area contributed by atoms with Gasteiger partial charge in [-0.05, 0) is 35.0 Å². The van der Waals surface area contributed by atoms with Crippen LogP contribution in [0.5, 0.6) is 0 Å². The molecule has 1 aromatic rings. The number of nitrogens with zero attached hydrogens (tertiary/aromatic N) is 1. The van der Waals surface area contributed by atoms with E-state index in [-0.39, 0.29) is 0 Å². The molecule has 0 fully saturated rings. The van der Waals surface area contributed by atoms with E-state index in [1.807, 2.05) is 25.3 Å². The van der Waals surface area contributed by atoms with Crippen molar-refractivity contribution in [3.8, 4) is 0 Å². The van der Waals surface area contributed by atoms with E-state index in [0.29, 0.717) is 0 Å². The van der Waals surface area contributed by atoms with E-state index in [1.165, 1.54) is 0 Å². The highest BCUT2D eigenvalue weighted by Gasteiger charge is 1.94. The van der Waals surface area contributed by atoms with Gasteiger partial charge in [0, 0.05) is 23.0 Å². The Hall–Kier alpha value is -0.0600. The van der Waals surface area contributed by atoms with Gasteiger partial charge in [-0.1, -0.05) is 0 Å². The topological polar surface area (TPSA) is 22.1 Å². The first-order chi connectivity index (χ1) is 6.33. The summed E-state index contributed by atoms with van der Waals surface area (Å²) in [4.78, 5) is 4.24. The van der Waals surface area contributed by atoms with Crippen LogP contribution >= 0.6 is 27.7 Å². The highest BCUT2D eigenvalue weighted by Crippen LogP contribution is 2.16. The maximum absolute atomic E-state index is 5.22. The standard InChI is InChI=1S/C9H12BrNOS/c1-2-12-5-6-13-9-4-3-8(10)7-11-9/h3-4,7H,2,5-6H2,1H3. The Morgan fingerprint density at radius 1 is 1.54 bits per heavy atom. The first kappa shape index (κ1) is 11.0. The molecule has 72 valence electrons. The summed E-state index contributed by atoms with van der Waals surface area (Å²) in [5.41, 5.74) is 0.